The number of carbonyl (C=O) groups excluding carboxylic acids is 1. The normalized spacial score (nSPS) is 10.4. The van der Waals surface area contributed by atoms with Crippen LogP contribution in [0.1, 0.15) is 16.1 Å². The SMILES string of the molecule is O=Cc1ccc(OCc2coc(-c3cccs3)n2)cc1. The summed E-state index contributed by atoms with van der Waals surface area (Å²) in [6.07, 6.45) is 2.39. The largest absolute Gasteiger partial charge is 0.487 e. The lowest BCUT2D eigenvalue weighted by Crippen LogP contribution is -1.95. The Labute approximate surface area is 119 Å². The van der Waals surface area contributed by atoms with Gasteiger partial charge in [0.05, 0.1) is 4.88 Å². The highest BCUT2D eigenvalue weighted by Gasteiger charge is 2.07. The van der Waals surface area contributed by atoms with E-state index in [0.29, 0.717) is 23.8 Å². The molecule has 3 rings (SSSR count). The van der Waals surface area contributed by atoms with Gasteiger partial charge in [-0.2, -0.15) is 0 Å². The van der Waals surface area contributed by atoms with Gasteiger partial charge >= 0.3 is 0 Å². The van der Waals surface area contributed by atoms with Gasteiger partial charge in [0.1, 0.15) is 30.6 Å². The van der Waals surface area contributed by atoms with Crippen molar-refractivity contribution in [3.8, 4) is 16.5 Å². The zero-order chi connectivity index (χ0) is 13.8. The minimum Gasteiger partial charge on any atom is -0.487 e. The first-order chi connectivity index (χ1) is 9.85. The van der Waals surface area contributed by atoms with Crippen LogP contribution in [-0.2, 0) is 6.61 Å². The molecular weight excluding hydrogens is 274 g/mol. The van der Waals surface area contributed by atoms with E-state index in [2.05, 4.69) is 4.98 Å². The molecule has 0 saturated carbocycles. The Kier molecular flexibility index (Phi) is 3.60. The van der Waals surface area contributed by atoms with Crippen LogP contribution in [-0.4, -0.2) is 11.3 Å². The number of oxazole rings is 1. The molecule has 0 radical (unpaired) electrons. The summed E-state index contributed by atoms with van der Waals surface area (Å²) in [4.78, 5) is 15.9. The second-order valence-electron chi connectivity index (χ2n) is 4.10. The fourth-order valence-electron chi connectivity index (χ4n) is 1.69. The number of aldehydes is 1. The lowest BCUT2D eigenvalue weighted by Gasteiger charge is -2.03. The molecule has 20 heavy (non-hydrogen) atoms. The van der Waals surface area contributed by atoms with Crippen LogP contribution in [0.4, 0.5) is 0 Å². The first kappa shape index (κ1) is 12.6. The number of benzene rings is 1. The Balaban J connectivity index is 1.64. The highest BCUT2D eigenvalue weighted by molar-refractivity contribution is 7.13. The van der Waals surface area contributed by atoms with Gasteiger partial charge in [-0.15, -0.1) is 11.3 Å². The van der Waals surface area contributed by atoms with Crippen LogP contribution in [0.25, 0.3) is 10.8 Å². The molecule has 0 unspecified atom stereocenters. The molecule has 3 aromatic rings. The maximum atomic E-state index is 10.6. The third-order valence-electron chi connectivity index (χ3n) is 2.69. The minimum atomic E-state index is 0.329. The fraction of sp³-hybridized carbons (Fsp3) is 0.0667. The van der Waals surface area contributed by atoms with Crippen molar-refractivity contribution in [2.24, 2.45) is 0 Å². The van der Waals surface area contributed by atoms with Crippen molar-refractivity contribution in [1.82, 2.24) is 4.98 Å². The summed E-state index contributed by atoms with van der Waals surface area (Å²) in [7, 11) is 0. The maximum absolute atomic E-state index is 10.6. The number of carbonyl (C=O) groups is 1. The Morgan fingerprint density at radius 1 is 1.25 bits per heavy atom. The van der Waals surface area contributed by atoms with E-state index >= 15 is 0 Å². The van der Waals surface area contributed by atoms with E-state index in [1.165, 1.54) is 0 Å². The molecule has 100 valence electrons. The molecule has 0 N–H and O–H groups in total. The predicted octanol–water partition coefficient (Wildman–Crippen LogP) is 3.79. The number of rotatable bonds is 5. The average molecular weight is 285 g/mol. The van der Waals surface area contributed by atoms with Crippen LogP contribution in [0, 0.1) is 0 Å². The van der Waals surface area contributed by atoms with Gasteiger partial charge in [0.2, 0.25) is 5.89 Å². The van der Waals surface area contributed by atoms with Crippen molar-refractivity contribution in [2.75, 3.05) is 0 Å². The Bertz CT molecular complexity index is 686. The molecule has 0 spiro atoms. The first-order valence-corrected chi connectivity index (χ1v) is 6.89. The number of nitrogens with zero attached hydrogens (tertiary/aromatic N) is 1. The molecule has 2 heterocycles. The number of hydrogen-bond acceptors (Lipinski definition) is 5. The summed E-state index contributed by atoms with van der Waals surface area (Å²) in [6.45, 7) is 0.329. The Hall–Kier alpha value is -2.40. The molecule has 2 aromatic heterocycles. The van der Waals surface area contributed by atoms with Crippen LogP contribution in [0.15, 0.2) is 52.5 Å². The quantitative estimate of drug-likeness (QED) is 0.669. The van der Waals surface area contributed by atoms with Crippen molar-refractivity contribution >= 4 is 17.6 Å². The second kappa shape index (κ2) is 5.71. The minimum absolute atomic E-state index is 0.329. The maximum Gasteiger partial charge on any atom is 0.236 e. The summed E-state index contributed by atoms with van der Waals surface area (Å²) < 4.78 is 11.0. The van der Waals surface area contributed by atoms with E-state index in [0.717, 1.165) is 16.9 Å². The first-order valence-electron chi connectivity index (χ1n) is 6.01. The summed E-state index contributed by atoms with van der Waals surface area (Å²) in [5.41, 5.74) is 1.35. The van der Waals surface area contributed by atoms with Crippen molar-refractivity contribution in [1.29, 1.82) is 0 Å². The number of ether oxygens (including phenoxy) is 1. The van der Waals surface area contributed by atoms with E-state index in [9.17, 15) is 4.79 Å². The molecule has 0 amide bonds. The Morgan fingerprint density at radius 2 is 2.10 bits per heavy atom. The molecule has 0 aliphatic heterocycles. The van der Waals surface area contributed by atoms with Gasteiger partial charge in [0.25, 0.3) is 0 Å². The van der Waals surface area contributed by atoms with Gasteiger partial charge in [-0.3, -0.25) is 4.79 Å². The zero-order valence-electron chi connectivity index (χ0n) is 10.5. The van der Waals surface area contributed by atoms with Crippen molar-refractivity contribution < 1.29 is 13.9 Å². The van der Waals surface area contributed by atoms with Crippen molar-refractivity contribution in [3.05, 3.63) is 59.3 Å². The summed E-state index contributed by atoms with van der Waals surface area (Å²) in [5, 5.41) is 1.98. The molecule has 0 aliphatic carbocycles. The summed E-state index contributed by atoms with van der Waals surface area (Å²) in [6, 6.07) is 10.8. The standard InChI is InChI=1S/C15H11NO3S/c17-8-11-3-5-13(6-4-11)18-9-12-10-19-15(16-12)14-2-1-7-20-14/h1-8,10H,9H2. The van der Waals surface area contributed by atoms with E-state index in [1.54, 1.807) is 41.9 Å². The molecule has 0 atom stereocenters. The molecule has 0 aliphatic rings. The predicted molar refractivity (Wildman–Crippen MR) is 76.0 cm³/mol. The Morgan fingerprint density at radius 3 is 2.80 bits per heavy atom. The van der Waals surface area contributed by atoms with E-state index in [1.807, 2.05) is 17.5 Å². The highest BCUT2D eigenvalue weighted by Crippen LogP contribution is 2.24. The molecule has 0 fully saturated rings. The van der Waals surface area contributed by atoms with Gasteiger partial charge in [0.15, 0.2) is 0 Å². The summed E-state index contributed by atoms with van der Waals surface area (Å²) in [5.74, 6) is 1.30. The van der Waals surface area contributed by atoms with Gasteiger partial charge in [0, 0.05) is 5.56 Å². The summed E-state index contributed by atoms with van der Waals surface area (Å²) >= 11 is 1.58. The van der Waals surface area contributed by atoms with Crippen LogP contribution in [0.3, 0.4) is 0 Å². The van der Waals surface area contributed by atoms with Crippen molar-refractivity contribution in [3.63, 3.8) is 0 Å². The van der Waals surface area contributed by atoms with Gasteiger partial charge < -0.3 is 9.15 Å². The molecule has 4 nitrogen and oxygen atoms in total. The van der Waals surface area contributed by atoms with Crippen LogP contribution in [0.5, 0.6) is 5.75 Å². The lowest BCUT2D eigenvalue weighted by molar-refractivity contribution is 0.112. The third kappa shape index (κ3) is 2.78. The molecule has 1 aromatic carbocycles. The van der Waals surface area contributed by atoms with E-state index in [4.69, 9.17) is 9.15 Å². The monoisotopic (exact) mass is 285 g/mol. The van der Waals surface area contributed by atoms with Gasteiger partial charge in [-0.1, -0.05) is 6.07 Å². The molecular formula is C15H11NO3S. The van der Waals surface area contributed by atoms with Crippen LogP contribution >= 0.6 is 11.3 Å². The van der Waals surface area contributed by atoms with Crippen molar-refractivity contribution in [2.45, 2.75) is 6.61 Å². The highest BCUT2D eigenvalue weighted by atomic mass is 32.1. The van der Waals surface area contributed by atoms with E-state index in [-0.39, 0.29) is 0 Å². The number of aromatic nitrogens is 1. The number of thiophene rings is 1. The zero-order valence-corrected chi connectivity index (χ0v) is 11.3. The fourth-order valence-corrected chi connectivity index (χ4v) is 2.34. The second-order valence-corrected chi connectivity index (χ2v) is 5.04. The van der Waals surface area contributed by atoms with Gasteiger partial charge in [-0.05, 0) is 35.7 Å². The molecule has 0 saturated heterocycles. The lowest BCUT2D eigenvalue weighted by atomic mass is 10.2. The molecule has 0 bridgehead atoms. The third-order valence-corrected chi connectivity index (χ3v) is 3.54. The van der Waals surface area contributed by atoms with Crippen LogP contribution in [0.2, 0.25) is 0 Å². The number of hydrogen-bond donors (Lipinski definition) is 0. The smallest absolute Gasteiger partial charge is 0.236 e. The topological polar surface area (TPSA) is 52.3 Å². The van der Waals surface area contributed by atoms with E-state index < -0.39 is 0 Å². The van der Waals surface area contributed by atoms with Gasteiger partial charge in [-0.25, -0.2) is 4.98 Å². The average Bonchev–Trinajstić information content (AvgIpc) is 3.16. The molecule has 5 heteroatoms. The van der Waals surface area contributed by atoms with Crippen LogP contribution < -0.4 is 4.74 Å².